The molecular formula is C20H31N3O4S. The SMILES string of the molecule is CCCS(=O)(=O)N1CCC[C@H](C(=O)Nc2cccc(CN(CC)C(C)=O)c2)C1. The van der Waals surface area contributed by atoms with Gasteiger partial charge in [-0.15, -0.1) is 0 Å². The number of piperidine rings is 1. The summed E-state index contributed by atoms with van der Waals surface area (Å²) in [4.78, 5) is 26.0. The summed E-state index contributed by atoms with van der Waals surface area (Å²) in [5.41, 5.74) is 1.60. The summed E-state index contributed by atoms with van der Waals surface area (Å²) in [5.74, 6) is -0.388. The molecule has 1 aliphatic rings. The van der Waals surface area contributed by atoms with Crippen LogP contribution in [-0.2, 0) is 26.2 Å². The lowest BCUT2D eigenvalue weighted by atomic mass is 9.98. The zero-order valence-electron chi connectivity index (χ0n) is 17.0. The number of benzene rings is 1. The van der Waals surface area contributed by atoms with E-state index in [0.29, 0.717) is 44.6 Å². The molecule has 2 amide bonds. The van der Waals surface area contributed by atoms with Gasteiger partial charge in [-0.2, -0.15) is 0 Å². The minimum absolute atomic E-state index is 0.00697. The maximum Gasteiger partial charge on any atom is 0.228 e. The Morgan fingerprint density at radius 2 is 2.04 bits per heavy atom. The topological polar surface area (TPSA) is 86.8 Å². The van der Waals surface area contributed by atoms with Crippen LogP contribution in [0.5, 0.6) is 0 Å². The van der Waals surface area contributed by atoms with Crippen LogP contribution in [-0.4, -0.2) is 54.8 Å². The van der Waals surface area contributed by atoms with Gasteiger partial charge in [0.25, 0.3) is 0 Å². The molecule has 1 fully saturated rings. The molecule has 1 heterocycles. The van der Waals surface area contributed by atoms with Gasteiger partial charge in [-0.25, -0.2) is 12.7 Å². The quantitative estimate of drug-likeness (QED) is 0.714. The van der Waals surface area contributed by atoms with Gasteiger partial charge in [0.15, 0.2) is 0 Å². The van der Waals surface area contributed by atoms with Crippen LogP contribution in [0, 0.1) is 5.92 Å². The van der Waals surface area contributed by atoms with E-state index in [0.717, 1.165) is 5.56 Å². The number of nitrogens with one attached hydrogen (secondary N) is 1. The predicted molar refractivity (Wildman–Crippen MR) is 110 cm³/mol. The van der Waals surface area contributed by atoms with Crippen molar-refractivity contribution in [3.8, 4) is 0 Å². The Kier molecular flexibility index (Phi) is 8.00. The number of nitrogens with zero attached hydrogens (tertiary/aromatic N) is 2. The van der Waals surface area contributed by atoms with Crippen molar-refractivity contribution in [3.05, 3.63) is 29.8 Å². The molecule has 2 rings (SSSR count). The van der Waals surface area contributed by atoms with Crippen molar-refractivity contribution in [1.29, 1.82) is 0 Å². The first kappa shape index (κ1) is 22.4. The lowest BCUT2D eigenvalue weighted by Crippen LogP contribution is -2.44. The molecule has 1 N–H and O–H groups in total. The second kappa shape index (κ2) is 10.0. The van der Waals surface area contributed by atoms with E-state index in [1.165, 1.54) is 11.2 Å². The fourth-order valence-corrected chi connectivity index (χ4v) is 5.04. The highest BCUT2D eigenvalue weighted by atomic mass is 32.2. The molecule has 8 heteroatoms. The molecular weight excluding hydrogens is 378 g/mol. The van der Waals surface area contributed by atoms with Crippen LogP contribution in [0.4, 0.5) is 5.69 Å². The summed E-state index contributed by atoms with van der Waals surface area (Å²) in [6.45, 7) is 7.13. The van der Waals surface area contributed by atoms with Crippen LogP contribution in [0.3, 0.4) is 0 Å². The summed E-state index contributed by atoms with van der Waals surface area (Å²) >= 11 is 0. The maximum atomic E-state index is 12.7. The highest BCUT2D eigenvalue weighted by molar-refractivity contribution is 7.89. The lowest BCUT2D eigenvalue weighted by molar-refractivity contribution is -0.129. The standard InChI is InChI=1S/C20H31N3O4S/c1-4-12-28(26,27)23-11-7-9-18(15-23)20(25)21-19-10-6-8-17(13-19)14-22(5-2)16(3)24/h6,8,10,13,18H,4-5,7,9,11-12,14-15H2,1-3H3,(H,21,25)/t18-/m0/s1. The number of rotatable bonds is 8. The van der Waals surface area contributed by atoms with Crippen molar-refractivity contribution < 1.29 is 18.0 Å². The fourth-order valence-electron chi connectivity index (χ4n) is 3.45. The van der Waals surface area contributed by atoms with Crippen LogP contribution in [0.25, 0.3) is 0 Å². The van der Waals surface area contributed by atoms with E-state index in [4.69, 9.17) is 0 Å². The Labute approximate surface area is 168 Å². The van der Waals surface area contributed by atoms with E-state index in [2.05, 4.69) is 5.32 Å². The van der Waals surface area contributed by atoms with Gasteiger partial charge in [0, 0.05) is 38.8 Å². The molecule has 0 saturated carbocycles. The molecule has 0 aromatic heterocycles. The molecule has 1 aliphatic heterocycles. The normalized spacial score (nSPS) is 17.9. The fraction of sp³-hybridized carbons (Fsp3) is 0.600. The second-order valence-corrected chi connectivity index (χ2v) is 9.32. The van der Waals surface area contributed by atoms with E-state index in [9.17, 15) is 18.0 Å². The van der Waals surface area contributed by atoms with Crippen molar-refractivity contribution in [1.82, 2.24) is 9.21 Å². The van der Waals surface area contributed by atoms with E-state index in [1.807, 2.05) is 32.0 Å². The van der Waals surface area contributed by atoms with Gasteiger partial charge >= 0.3 is 0 Å². The van der Waals surface area contributed by atoms with Crippen LogP contribution in [0.2, 0.25) is 0 Å². The first-order valence-corrected chi connectivity index (χ1v) is 11.5. The first-order chi connectivity index (χ1) is 13.3. The minimum atomic E-state index is -3.29. The Morgan fingerprint density at radius 1 is 1.29 bits per heavy atom. The number of carbonyl (C=O) groups is 2. The molecule has 1 aromatic rings. The molecule has 0 bridgehead atoms. The number of hydrogen-bond donors (Lipinski definition) is 1. The number of amides is 2. The zero-order chi connectivity index (χ0) is 20.7. The van der Waals surface area contributed by atoms with Gasteiger partial charge in [0.1, 0.15) is 0 Å². The average Bonchev–Trinajstić information content (AvgIpc) is 2.66. The number of hydrogen-bond acceptors (Lipinski definition) is 4. The zero-order valence-corrected chi connectivity index (χ0v) is 17.8. The third kappa shape index (κ3) is 6.04. The van der Waals surface area contributed by atoms with Crippen molar-refractivity contribution in [2.75, 3.05) is 30.7 Å². The number of anilines is 1. The van der Waals surface area contributed by atoms with Crippen molar-refractivity contribution in [2.24, 2.45) is 5.92 Å². The van der Waals surface area contributed by atoms with Gasteiger partial charge < -0.3 is 10.2 Å². The Morgan fingerprint density at radius 3 is 2.68 bits per heavy atom. The average molecular weight is 410 g/mol. The van der Waals surface area contributed by atoms with Gasteiger partial charge in [-0.05, 0) is 43.9 Å². The lowest BCUT2D eigenvalue weighted by Gasteiger charge is -2.31. The summed E-state index contributed by atoms with van der Waals surface area (Å²) in [5, 5.41) is 2.91. The predicted octanol–water partition coefficient (Wildman–Crippen LogP) is 2.45. The highest BCUT2D eigenvalue weighted by Crippen LogP contribution is 2.22. The third-order valence-corrected chi connectivity index (χ3v) is 7.05. The third-order valence-electron chi connectivity index (χ3n) is 5.01. The monoisotopic (exact) mass is 409 g/mol. The van der Waals surface area contributed by atoms with E-state index in [1.54, 1.807) is 11.0 Å². The van der Waals surface area contributed by atoms with Crippen LogP contribution in [0.1, 0.15) is 45.6 Å². The summed E-state index contributed by atoms with van der Waals surface area (Å²) in [6.07, 6.45) is 1.93. The van der Waals surface area contributed by atoms with Crippen molar-refractivity contribution in [3.63, 3.8) is 0 Å². The molecule has 7 nitrogen and oxygen atoms in total. The molecule has 0 spiro atoms. The Hall–Kier alpha value is -1.93. The molecule has 1 aromatic carbocycles. The van der Waals surface area contributed by atoms with E-state index < -0.39 is 10.0 Å². The van der Waals surface area contributed by atoms with Crippen LogP contribution in [0.15, 0.2) is 24.3 Å². The second-order valence-electron chi connectivity index (χ2n) is 7.24. The van der Waals surface area contributed by atoms with Crippen LogP contribution >= 0.6 is 0 Å². The Balaban J connectivity index is 2.02. The number of carbonyl (C=O) groups excluding carboxylic acids is 2. The smallest absolute Gasteiger partial charge is 0.228 e. The van der Waals surface area contributed by atoms with Crippen molar-refractivity contribution >= 4 is 27.5 Å². The minimum Gasteiger partial charge on any atom is -0.339 e. The van der Waals surface area contributed by atoms with Crippen LogP contribution < -0.4 is 5.32 Å². The van der Waals surface area contributed by atoms with E-state index >= 15 is 0 Å². The molecule has 0 unspecified atom stereocenters. The maximum absolute atomic E-state index is 12.7. The van der Waals surface area contributed by atoms with Crippen molar-refractivity contribution in [2.45, 2.75) is 46.6 Å². The van der Waals surface area contributed by atoms with Gasteiger partial charge in [0.2, 0.25) is 21.8 Å². The molecule has 156 valence electrons. The molecule has 1 atom stereocenters. The van der Waals surface area contributed by atoms with E-state index in [-0.39, 0.29) is 30.0 Å². The Bertz CT molecular complexity index is 794. The molecule has 0 aliphatic carbocycles. The van der Waals surface area contributed by atoms with Gasteiger partial charge in [0.05, 0.1) is 11.7 Å². The molecule has 28 heavy (non-hydrogen) atoms. The molecule has 1 saturated heterocycles. The summed E-state index contributed by atoms with van der Waals surface area (Å²) < 4.78 is 26.1. The molecule has 0 radical (unpaired) electrons. The first-order valence-electron chi connectivity index (χ1n) is 9.90. The summed E-state index contributed by atoms with van der Waals surface area (Å²) in [6, 6.07) is 7.43. The van der Waals surface area contributed by atoms with Gasteiger partial charge in [-0.3, -0.25) is 9.59 Å². The highest BCUT2D eigenvalue weighted by Gasteiger charge is 2.31. The van der Waals surface area contributed by atoms with Gasteiger partial charge in [-0.1, -0.05) is 19.1 Å². The largest absolute Gasteiger partial charge is 0.339 e. The summed E-state index contributed by atoms with van der Waals surface area (Å²) in [7, 11) is -3.29. The number of sulfonamides is 1.